The standard InChI is InChI=1S/C11H16O3/c1-14-11(13)9-5-2-3-7-10(12)8-4-6-9/h2-3,9H,4-8H2,1H3/b3-2-. The second kappa shape index (κ2) is 5.58. The molecular formula is C11H16O3. The highest BCUT2D eigenvalue weighted by molar-refractivity contribution is 5.80. The van der Waals surface area contributed by atoms with E-state index in [1.54, 1.807) is 0 Å². The van der Waals surface area contributed by atoms with E-state index in [4.69, 9.17) is 4.74 Å². The molecule has 1 unspecified atom stereocenters. The van der Waals surface area contributed by atoms with E-state index >= 15 is 0 Å². The third-order valence-electron chi connectivity index (χ3n) is 2.48. The Balaban J connectivity index is 2.53. The predicted molar refractivity (Wildman–Crippen MR) is 52.7 cm³/mol. The molecule has 0 fully saturated rings. The number of carbonyl (C=O) groups excluding carboxylic acids is 2. The van der Waals surface area contributed by atoms with Crippen LogP contribution in [0.15, 0.2) is 12.2 Å². The Hall–Kier alpha value is -1.12. The average molecular weight is 196 g/mol. The van der Waals surface area contributed by atoms with E-state index in [0.717, 1.165) is 12.8 Å². The van der Waals surface area contributed by atoms with Crippen LogP contribution in [0.5, 0.6) is 0 Å². The average Bonchev–Trinajstić information content (AvgIpc) is 2.29. The molecule has 0 aromatic rings. The van der Waals surface area contributed by atoms with E-state index < -0.39 is 0 Å². The minimum absolute atomic E-state index is 0.0675. The van der Waals surface area contributed by atoms with Gasteiger partial charge in [0.2, 0.25) is 0 Å². The number of ether oxygens (including phenoxy) is 1. The molecule has 0 N–H and O–H groups in total. The molecule has 0 bridgehead atoms. The van der Waals surface area contributed by atoms with Crippen molar-refractivity contribution in [2.75, 3.05) is 7.11 Å². The summed E-state index contributed by atoms with van der Waals surface area (Å²) in [7, 11) is 1.41. The Morgan fingerprint density at radius 3 is 3.00 bits per heavy atom. The molecule has 14 heavy (non-hydrogen) atoms. The van der Waals surface area contributed by atoms with Crippen LogP contribution < -0.4 is 0 Å². The number of hydrogen-bond acceptors (Lipinski definition) is 3. The third-order valence-corrected chi connectivity index (χ3v) is 2.48. The van der Waals surface area contributed by atoms with Crippen molar-refractivity contribution in [3.05, 3.63) is 12.2 Å². The van der Waals surface area contributed by atoms with E-state index in [0.29, 0.717) is 19.3 Å². The normalized spacial score (nSPS) is 25.8. The SMILES string of the molecule is COC(=O)C1C/C=C\CC(=O)CCC1. The molecule has 1 rings (SSSR count). The number of ketones is 1. The molecule has 0 aromatic carbocycles. The summed E-state index contributed by atoms with van der Waals surface area (Å²) in [5.74, 6) is 0.0258. The van der Waals surface area contributed by atoms with Crippen LogP contribution in [0.25, 0.3) is 0 Å². The summed E-state index contributed by atoms with van der Waals surface area (Å²) in [4.78, 5) is 22.5. The Kier molecular flexibility index (Phi) is 4.36. The first kappa shape index (κ1) is 11.0. The van der Waals surface area contributed by atoms with Gasteiger partial charge in [0.05, 0.1) is 13.0 Å². The molecule has 0 saturated carbocycles. The molecule has 1 atom stereocenters. The maximum absolute atomic E-state index is 11.3. The molecule has 0 spiro atoms. The molecule has 0 aliphatic heterocycles. The van der Waals surface area contributed by atoms with Crippen molar-refractivity contribution in [3.63, 3.8) is 0 Å². The minimum Gasteiger partial charge on any atom is -0.469 e. The quantitative estimate of drug-likeness (QED) is 0.475. The largest absolute Gasteiger partial charge is 0.469 e. The minimum atomic E-state index is -0.163. The smallest absolute Gasteiger partial charge is 0.308 e. The second-order valence-corrected chi connectivity index (χ2v) is 3.56. The number of hydrogen-bond donors (Lipinski definition) is 0. The fourth-order valence-electron chi connectivity index (χ4n) is 1.62. The van der Waals surface area contributed by atoms with Crippen LogP contribution in [0.2, 0.25) is 0 Å². The Bertz CT molecular complexity index is 243. The summed E-state index contributed by atoms with van der Waals surface area (Å²) in [5, 5.41) is 0. The zero-order chi connectivity index (χ0) is 10.4. The van der Waals surface area contributed by atoms with E-state index in [2.05, 4.69) is 0 Å². The van der Waals surface area contributed by atoms with Crippen LogP contribution in [0.1, 0.15) is 32.1 Å². The predicted octanol–water partition coefficient (Wildman–Crippen LogP) is 1.86. The summed E-state index contributed by atoms with van der Waals surface area (Å²) in [6.07, 6.45) is 7.09. The molecule has 1 aliphatic rings. The number of allylic oxidation sites excluding steroid dienone is 2. The molecule has 0 heterocycles. The first-order valence-corrected chi connectivity index (χ1v) is 4.98. The number of esters is 1. The first-order chi connectivity index (χ1) is 6.74. The Morgan fingerprint density at radius 1 is 1.50 bits per heavy atom. The summed E-state index contributed by atoms with van der Waals surface area (Å²) in [6, 6.07) is 0. The summed E-state index contributed by atoms with van der Waals surface area (Å²) < 4.78 is 4.70. The number of rotatable bonds is 1. The van der Waals surface area contributed by atoms with Gasteiger partial charge in [-0.05, 0) is 19.3 Å². The maximum atomic E-state index is 11.3. The van der Waals surface area contributed by atoms with Crippen molar-refractivity contribution >= 4 is 11.8 Å². The molecule has 0 saturated heterocycles. The lowest BCUT2D eigenvalue weighted by atomic mass is 9.98. The summed E-state index contributed by atoms with van der Waals surface area (Å²) >= 11 is 0. The fraction of sp³-hybridized carbons (Fsp3) is 0.636. The molecule has 0 aromatic heterocycles. The molecule has 1 aliphatic carbocycles. The third kappa shape index (κ3) is 3.32. The number of methoxy groups -OCH3 is 1. The highest BCUT2D eigenvalue weighted by atomic mass is 16.5. The van der Waals surface area contributed by atoms with Crippen molar-refractivity contribution in [2.24, 2.45) is 5.92 Å². The number of Topliss-reactive ketones (excluding diaryl/α,β-unsaturated/α-hetero) is 1. The van der Waals surface area contributed by atoms with E-state index in [1.807, 2.05) is 12.2 Å². The van der Waals surface area contributed by atoms with E-state index in [1.165, 1.54) is 7.11 Å². The van der Waals surface area contributed by atoms with Gasteiger partial charge in [-0.3, -0.25) is 9.59 Å². The Morgan fingerprint density at radius 2 is 2.29 bits per heavy atom. The van der Waals surface area contributed by atoms with Crippen molar-refractivity contribution < 1.29 is 14.3 Å². The van der Waals surface area contributed by atoms with Crippen molar-refractivity contribution in [1.82, 2.24) is 0 Å². The molecular weight excluding hydrogens is 180 g/mol. The van der Waals surface area contributed by atoms with Gasteiger partial charge in [0.15, 0.2) is 0 Å². The molecule has 0 amide bonds. The van der Waals surface area contributed by atoms with Gasteiger partial charge in [-0.15, -0.1) is 0 Å². The molecule has 3 heteroatoms. The molecule has 78 valence electrons. The van der Waals surface area contributed by atoms with Gasteiger partial charge < -0.3 is 4.74 Å². The highest BCUT2D eigenvalue weighted by Crippen LogP contribution is 2.17. The molecule has 3 nitrogen and oxygen atoms in total. The maximum Gasteiger partial charge on any atom is 0.308 e. The zero-order valence-electron chi connectivity index (χ0n) is 8.49. The van der Waals surface area contributed by atoms with Crippen LogP contribution in [0, 0.1) is 5.92 Å². The molecule has 0 radical (unpaired) electrons. The van der Waals surface area contributed by atoms with E-state index in [-0.39, 0.29) is 17.7 Å². The van der Waals surface area contributed by atoms with Gasteiger partial charge in [0, 0.05) is 12.8 Å². The van der Waals surface area contributed by atoms with Crippen LogP contribution in [-0.4, -0.2) is 18.9 Å². The summed E-state index contributed by atoms with van der Waals surface area (Å²) in [5.41, 5.74) is 0. The van der Waals surface area contributed by atoms with Crippen molar-refractivity contribution in [2.45, 2.75) is 32.1 Å². The van der Waals surface area contributed by atoms with Crippen LogP contribution in [0.4, 0.5) is 0 Å². The van der Waals surface area contributed by atoms with Gasteiger partial charge >= 0.3 is 5.97 Å². The lowest BCUT2D eigenvalue weighted by Crippen LogP contribution is -2.15. The van der Waals surface area contributed by atoms with E-state index in [9.17, 15) is 9.59 Å². The number of carbonyl (C=O) groups is 2. The van der Waals surface area contributed by atoms with Crippen LogP contribution in [0.3, 0.4) is 0 Å². The lowest BCUT2D eigenvalue weighted by molar-refractivity contribution is -0.145. The monoisotopic (exact) mass is 196 g/mol. The highest BCUT2D eigenvalue weighted by Gasteiger charge is 2.18. The van der Waals surface area contributed by atoms with Gasteiger partial charge in [-0.1, -0.05) is 12.2 Å². The van der Waals surface area contributed by atoms with Crippen molar-refractivity contribution in [3.8, 4) is 0 Å². The van der Waals surface area contributed by atoms with Gasteiger partial charge in [-0.25, -0.2) is 0 Å². The first-order valence-electron chi connectivity index (χ1n) is 4.98. The lowest BCUT2D eigenvalue weighted by Gasteiger charge is -2.10. The van der Waals surface area contributed by atoms with Crippen LogP contribution >= 0.6 is 0 Å². The summed E-state index contributed by atoms with van der Waals surface area (Å²) in [6.45, 7) is 0. The topological polar surface area (TPSA) is 43.4 Å². The van der Waals surface area contributed by atoms with Gasteiger partial charge in [0.1, 0.15) is 5.78 Å². The van der Waals surface area contributed by atoms with Gasteiger partial charge in [0.25, 0.3) is 0 Å². The van der Waals surface area contributed by atoms with Gasteiger partial charge in [-0.2, -0.15) is 0 Å². The fourth-order valence-corrected chi connectivity index (χ4v) is 1.62. The Labute approximate surface area is 84.1 Å². The second-order valence-electron chi connectivity index (χ2n) is 3.56. The van der Waals surface area contributed by atoms with Crippen molar-refractivity contribution in [1.29, 1.82) is 0 Å². The zero-order valence-corrected chi connectivity index (χ0v) is 8.49. The van der Waals surface area contributed by atoms with Crippen LogP contribution in [-0.2, 0) is 14.3 Å².